The Morgan fingerprint density at radius 3 is 2.70 bits per heavy atom. The van der Waals surface area contributed by atoms with Crippen molar-refractivity contribution in [2.24, 2.45) is 10.7 Å². The van der Waals surface area contributed by atoms with Crippen molar-refractivity contribution in [1.29, 1.82) is 0 Å². The molecule has 1 aliphatic carbocycles. The largest absolute Gasteiger partial charge is 0.435 e. The molecule has 1 aliphatic rings. The Morgan fingerprint density at radius 2 is 2.09 bits per heavy atom. The van der Waals surface area contributed by atoms with Gasteiger partial charge in [-0.2, -0.15) is 18.3 Å². The van der Waals surface area contributed by atoms with Crippen LogP contribution in [0.4, 0.5) is 13.2 Å². The molecule has 0 unspecified atom stereocenters. The lowest BCUT2D eigenvalue weighted by atomic mass is 9.70. The molecule has 0 atom stereocenters. The smallest absolute Gasteiger partial charge is 0.382 e. The summed E-state index contributed by atoms with van der Waals surface area (Å²) < 4.78 is 41.8. The van der Waals surface area contributed by atoms with Gasteiger partial charge in [0.05, 0.1) is 11.3 Å². The number of amides is 1. The number of hydrogen-bond donors (Lipinski definition) is 2. The molecule has 1 amide bonds. The average Bonchev–Trinajstić information content (AvgIpc) is 3.28. The molecule has 7 nitrogen and oxygen atoms in total. The van der Waals surface area contributed by atoms with Crippen LogP contribution >= 0.6 is 0 Å². The zero-order valence-corrected chi connectivity index (χ0v) is 18.4. The summed E-state index contributed by atoms with van der Waals surface area (Å²) in [4.78, 5) is 21.1. The van der Waals surface area contributed by atoms with Crippen LogP contribution in [-0.2, 0) is 11.6 Å². The highest BCUT2D eigenvalue weighted by Crippen LogP contribution is 2.39. The molecule has 2 heterocycles. The minimum Gasteiger partial charge on any atom is -0.382 e. The highest BCUT2D eigenvalue weighted by molar-refractivity contribution is 5.95. The lowest BCUT2D eigenvalue weighted by molar-refractivity contribution is -0.141. The third-order valence-corrected chi connectivity index (χ3v) is 5.89. The van der Waals surface area contributed by atoms with Gasteiger partial charge in [-0.15, -0.1) is 0 Å². The van der Waals surface area contributed by atoms with Crippen LogP contribution in [0.1, 0.15) is 60.6 Å². The van der Waals surface area contributed by atoms with Gasteiger partial charge in [0.1, 0.15) is 5.82 Å². The number of carbonyl (C=O) groups is 1. The number of rotatable bonds is 7. The molecule has 0 spiro atoms. The molecule has 0 saturated heterocycles. The first-order chi connectivity index (χ1) is 15.7. The van der Waals surface area contributed by atoms with Crippen molar-refractivity contribution >= 4 is 17.9 Å². The average molecular weight is 461 g/mol. The minimum atomic E-state index is -4.83. The maximum Gasteiger partial charge on any atom is 0.435 e. The van der Waals surface area contributed by atoms with Crippen LogP contribution in [-0.4, -0.2) is 33.4 Å². The number of nitrogens with two attached hydrogens (primary N) is 1. The molecule has 1 fully saturated rings. The van der Waals surface area contributed by atoms with Crippen molar-refractivity contribution in [3.8, 4) is 0 Å². The minimum absolute atomic E-state index is 0.128. The molecule has 2 aromatic heterocycles. The predicted molar refractivity (Wildman–Crippen MR) is 120 cm³/mol. The van der Waals surface area contributed by atoms with Gasteiger partial charge in [0.2, 0.25) is 0 Å². The molecule has 3 rings (SSSR count). The molecule has 0 aromatic carbocycles. The summed E-state index contributed by atoms with van der Waals surface area (Å²) in [6.07, 6.45) is 7.01. The van der Waals surface area contributed by atoms with Crippen LogP contribution in [0.5, 0.6) is 0 Å². The first kappa shape index (κ1) is 24.2. The third-order valence-electron chi connectivity index (χ3n) is 5.89. The van der Waals surface area contributed by atoms with Gasteiger partial charge < -0.3 is 11.1 Å². The van der Waals surface area contributed by atoms with E-state index in [1.54, 1.807) is 12.4 Å². The van der Waals surface area contributed by atoms with Crippen LogP contribution in [0.2, 0.25) is 0 Å². The summed E-state index contributed by atoms with van der Waals surface area (Å²) >= 11 is 0. The normalized spacial score (nSPS) is 17.0. The van der Waals surface area contributed by atoms with Gasteiger partial charge in [-0.3, -0.25) is 14.8 Å². The molecule has 176 valence electrons. The number of hydrogen-bond acceptors (Lipinski definition) is 5. The summed E-state index contributed by atoms with van der Waals surface area (Å²) in [5, 5.41) is 6.26. The van der Waals surface area contributed by atoms with Gasteiger partial charge in [0, 0.05) is 36.8 Å². The fourth-order valence-electron chi connectivity index (χ4n) is 4.09. The van der Waals surface area contributed by atoms with Crippen molar-refractivity contribution in [2.45, 2.75) is 50.6 Å². The third kappa shape index (κ3) is 5.50. The van der Waals surface area contributed by atoms with Gasteiger partial charge in [-0.25, -0.2) is 4.68 Å². The molecule has 0 aliphatic heterocycles. The number of carbonyl (C=O) groups excluding carboxylic acids is 1. The molecular weight excluding hydrogens is 433 g/mol. The Labute approximate surface area is 190 Å². The lowest BCUT2D eigenvalue weighted by Gasteiger charge is -2.37. The van der Waals surface area contributed by atoms with Crippen molar-refractivity contribution in [3.05, 3.63) is 65.9 Å². The highest BCUT2D eigenvalue weighted by Gasteiger charge is 2.40. The standard InChI is InChI=1S/C23H27F3N6O/c1-3-11-29-16(2)20(27)32-14-18(19(31-32)23(24,25)26)21(33)30-15-22(9-5-4-6-10-22)17-8-7-12-28-13-17/h3,7-8,11-14H,1,4-6,9-10,15,27H2,2H3,(H,30,33)/b20-16+,29-11?. The maximum absolute atomic E-state index is 13.7. The first-order valence-corrected chi connectivity index (χ1v) is 10.7. The Bertz CT molecular complexity index is 1050. The Balaban J connectivity index is 1.90. The van der Waals surface area contributed by atoms with Crippen LogP contribution in [0, 0.1) is 0 Å². The van der Waals surface area contributed by atoms with E-state index in [0.29, 0.717) is 0 Å². The molecule has 3 N–H and O–H groups in total. The molecule has 0 bridgehead atoms. The predicted octanol–water partition coefficient (Wildman–Crippen LogP) is 4.29. The summed E-state index contributed by atoms with van der Waals surface area (Å²) in [6.45, 7) is 5.21. The van der Waals surface area contributed by atoms with E-state index in [1.165, 1.54) is 19.2 Å². The second-order valence-corrected chi connectivity index (χ2v) is 8.08. The van der Waals surface area contributed by atoms with Gasteiger partial charge in [-0.05, 0) is 31.4 Å². The molecule has 10 heteroatoms. The summed E-state index contributed by atoms with van der Waals surface area (Å²) in [6, 6.07) is 3.77. The second-order valence-electron chi connectivity index (χ2n) is 8.08. The molecular formula is C23H27F3N6O. The zero-order valence-electron chi connectivity index (χ0n) is 18.4. The van der Waals surface area contributed by atoms with Crippen molar-refractivity contribution < 1.29 is 18.0 Å². The Kier molecular flexibility index (Phi) is 7.35. The fourth-order valence-corrected chi connectivity index (χ4v) is 4.09. The van der Waals surface area contributed by atoms with Crippen molar-refractivity contribution in [3.63, 3.8) is 0 Å². The van der Waals surface area contributed by atoms with E-state index in [9.17, 15) is 18.0 Å². The van der Waals surface area contributed by atoms with E-state index in [-0.39, 0.29) is 23.5 Å². The van der Waals surface area contributed by atoms with Crippen LogP contribution in [0.3, 0.4) is 0 Å². The molecule has 2 aromatic rings. The number of halogens is 3. The molecule has 1 saturated carbocycles. The van der Waals surface area contributed by atoms with E-state index in [0.717, 1.165) is 48.5 Å². The second kappa shape index (κ2) is 10.0. The number of aliphatic imine (C=N–C) groups is 1. The Hall–Kier alpha value is -3.43. The van der Waals surface area contributed by atoms with E-state index >= 15 is 0 Å². The number of nitrogens with zero attached hydrogens (tertiary/aromatic N) is 4. The Morgan fingerprint density at radius 1 is 1.36 bits per heavy atom. The topological polar surface area (TPSA) is 98.2 Å². The van der Waals surface area contributed by atoms with Gasteiger partial charge >= 0.3 is 6.18 Å². The lowest BCUT2D eigenvalue weighted by Crippen LogP contribution is -2.42. The van der Waals surface area contributed by atoms with Crippen molar-refractivity contribution in [2.75, 3.05) is 6.54 Å². The van der Waals surface area contributed by atoms with Crippen LogP contribution in [0.15, 0.2) is 54.1 Å². The number of nitrogens with one attached hydrogen (secondary N) is 1. The highest BCUT2D eigenvalue weighted by atomic mass is 19.4. The van der Waals surface area contributed by atoms with E-state index in [4.69, 9.17) is 5.73 Å². The zero-order chi connectivity index (χ0) is 24.1. The molecule has 33 heavy (non-hydrogen) atoms. The van der Waals surface area contributed by atoms with Gasteiger partial charge in [0.15, 0.2) is 5.69 Å². The van der Waals surface area contributed by atoms with E-state index in [2.05, 4.69) is 27.0 Å². The van der Waals surface area contributed by atoms with Gasteiger partial charge in [0.25, 0.3) is 5.91 Å². The number of pyridine rings is 1. The first-order valence-electron chi connectivity index (χ1n) is 10.7. The van der Waals surface area contributed by atoms with Crippen molar-refractivity contribution in [1.82, 2.24) is 20.1 Å². The quantitative estimate of drug-likeness (QED) is 0.602. The summed E-state index contributed by atoms with van der Waals surface area (Å²) in [7, 11) is 0. The summed E-state index contributed by atoms with van der Waals surface area (Å²) in [5.74, 6) is -0.987. The van der Waals surface area contributed by atoms with Crippen LogP contribution < -0.4 is 11.1 Å². The SMILES string of the molecule is C=CC=N/C(C)=C(\N)n1cc(C(=O)NCC2(c3cccnc3)CCCCC2)c(C(F)(F)F)n1. The summed E-state index contributed by atoms with van der Waals surface area (Å²) in [5.41, 5.74) is 4.86. The monoisotopic (exact) mass is 460 g/mol. The maximum atomic E-state index is 13.7. The number of allylic oxidation sites excluding steroid dienone is 2. The number of alkyl halides is 3. The molecule has 0 radical (unpaired) electrons. The van der Waals surface area contributed by atoms with E-state index < -0.39 is 23.3 Å². The van der Waals surface area contributed by atoms with Crippen LogP contribution in [0.25, 0.3) is 5.82 Å². The van der Waals surface area contributed by atoms with Gasteiger partial charge in [-0.1, -0.05) is 38.0 Å². The fraction of sp³-hybridized carbons (Fsp3) is 0.391. The number of aromatic nitrogens is 3. The van der Waals surface area contributed by atoms with E-state index in [1.807, 2.05) is 12.1 Å².